The van der Waals surface area contributed by atoms with Crippen molar-refractivity contribution in [2.75, 3.05) is 6.61 Å². The number of fused-ring (bicyclic) bond motifs is 1. The van der Waals surface area contributed by atoms with Crippen LogP contribution in [-0.4, -0.2) is 17.3 Å². The molecule has 1 aromatic carbocycles. The summed E-state index contributed by atoms with van der Waals surface area (Å²) in [5, 5.41) is 9.00. The van der Waals surface area contributed by atoms with Gasteiger partial charge in [0.1, 0.15) is 11.4 Å². The molecule has 0 saturated carbocycles. The van der Waals surface area contributed by atoms with Crippen LogP contribution in [0.4, 0.5) is 0 Å². The monoisotopic (exact) mass is 204 g/mol. The van der Waals surface area contributed by atoms with Gasteiger partial charge in [-0.05, 0) is 38.0 Å². The lowest BCUT2D eigenvalue weighted by molar-refractivity contribution is 0.136. The van der Waals surface area contributed by atoms with Crippen LogP contribution in [0.3, 0.4) is 0 Å². The Kier molecular flexibility index (Phi) is 2.53. The molecule has 2 heteroatoms. The number of aliphatic hydroxyl groups excluding tert-OH is 1. The number of para-hydroxylation sites is 1. The molecule has 0 radical (unpaired) electrons. The van der Waals surface area contributed by atoms with E-state index in [2.05, 4.69) is 6.08 Å². The lowest BCUT2D eigenvalue weighted by Crippen LogP contribution is -2.33. The maximum Gasteiger partial charge on any atom is 0.127 e. The lowest BCUT2D eigenvalue weighted by Gasteiger charge is -2.33. The topological polar surface area (TPSA) is 29.5 Å². The van der Waals surface area contributed by atoms with Crippen LogP contribution in [0.1, 0.15) is 25.8 Å². The molecule has 0 atom stereocenters. The minimum absolute atomic E-state index is 0.167. The number of hydrogen-bond acceptors (Lipinski definition) is 2. The van der Waals surface area contributed by atoms with Crippen LogP contribution >= 0.6 is 0 Å². The highest BCUT2D eigenvalue weighted by Crippen LogP contribution is 2.36. The zero-order valence-corrected chi connectivity index (χ0v) is 9.16. The Labute approximate surface area is 90.2 Å². The first kappa shape index (κ1) is 10.2. The molecular formula is C13H16O2. The Balaban J connectivity index is 2.42. The zero-order valence-electron chi connectivity index (χ0n) is 9.16. The maximum atomic E-state index is 9.00. The van der Waals surface area contributed by atoms with Crippen molar-refractivity contribution in [3.8, 4) is 5.75 Å². The SMILES string of the molecule is CC1(C)Oc2ccccc2C=C1CCO. The second-order valence-corrected chi connectivity index (χ2v) is 4.29. The van der Waals surface area contributed by atoms with E-state index < -0.39 is 0 Å². The molecule has 1 N–H and O–H groups in total. The number of rotatable bonds is 2. The molecule has 0 unspecified atom stereocenters. The predicted octanol–water partition coefficient (Wildman–Crippen LogP) is 2.62. The highest BCUT2D eigenvalue weighted by Gasteiger charge is 2.29. The Hall–Kier alpha value is -1.28. The van der Waals surface area contributed by atoms with Gasteiger partial charge in [0.05, 0.1) is 0 Å². The molecule has 0 aromatic heterocycles. The standard InChI is InChI=1S/C13H16O2/c1-13(2)11(7-8-14)9-10-5-3-4-6-12(10)15-13/h3-6,9,14H,7-8H2,1-2H3. The molecule has 2 rings (SSSR count). The smallest absolute Gasteiger partial charge is 0.127 e. The fourth-order valence-corrected chi connectivity index (χ4v) is 1.89. The average Bonchev–Trinajstić information content (AvgIpc) is 2.18. The summed E-state index contributed by atoms with van der Waals surface area (Å²) in [4.78, 5) is 0. The summed E-state index contributed by atoms with van der Waals surface area (Å²) < 4.78 is 5.91. The van der Waals surface area contributed by atoms with Gasteiger partial charge in [0, 0.05) is 12.2 Å². The normalized spacial score (nSPS) is 17.7. The molecule has 1 aliphatic rings. The van der Waals surface area contributed by atoms with Gasteiger partial charge in [0.2, 0.25) is 0 Å². The molecule has 1 aromatic rings. The molecule has 0 fully saturated rings. The van der Waals surface area contributed by atoms with Crippen LogP contribution in [0.5, 0.6) is 5.75 Å². The van der Waals surface area contributed by atoms with E-state index in [0.717, 1.165) is 16.9 Å². The summed E-state index contributed by atoms with van der Waals surface area (Å²) in [5.74, 6) is 0.921. The minimum atomic E-state index is -0.308. The lowest BCUT2D eigenvalue weighted by atomic mass is 9.90. The van der Waals surface area contributed by atoms with Crippen molar-refractivity contribution in [3.63, 3.8) is 0 Å². The van der Waals surface area contributed by atoms with Crippen molar-refractivity contribution < 1.29 is 9.84 Å². The third kappa shape index (κ3) is 1.90. The van der Waals surface area contributed by atoms with Gasteiger partial charge in [0.15, 0.2) is 0 Å². The highest BCUT2D eigenvalue weighted by molar-refractivity contribution is 5.64. The quantitative estimate of drug-likeness (QED) is 0.802. The van der Waals surface area contributed by atoms with E-state index >= 15 is 0 Å². The van der Waals surface area contributed by atoms with E-state index in [4.69, 9.17) is 9.84 Å². The van der Waals surface area contributed by atoms with Gasteiger partial charge < -0.3 is 9.84 Å². The Morgan fingerprint density at radius 1 is 1.27 bits per heavy atom. The first-order valence-corrected chi connectivity index (χ1v) is 5.23. The van der Waals surface area contributed by atoms with Gasteiger partial charge in [-0.25, -0.2) is 0 Å². The minimum Gasteiger partial charge on any atom is -0.483 e. The number of aliphatic hydroxyl groups is 1. The summed E-state index contributed by atoms with van der Waals surface area (Å²) in [6.07, 6.45) is 2.79. The first-order valence-electron chi connectivity index (χ1n) is 5.23. The summed E-state index contributed by atoms with van der Waals surface area (Å²) in [7, 11) is 0. The number of ether oxygens (including phenoxy) is 1. The molecule has 15 heavy (non-hydrogen) atoms. The van der Waals surface area contributed by atoms with E-state index in [0.29, 0.717) is 6.42 Å². The number of benzene rings is 1. The molecule has 0 saturated heterocycles. The highest BCUT2D eigenvalue weighted by atomic mass is 16.5. The Bertz CT molecular complexity index is 391. The van der Waals surface area contributed by atoms with Crippen molar-refractivity contribution >= 4 is 6.08 Å². The van der Waals surface area contributed by atoms with Crippen LogP contribution in [0.15, 0.2) is 29.8 Å². The van der Waals surface area contributed by atoms with E-state index in [1.165, 1.54) is 0 Å². The molecule has 0 amide bonds. The van der Waals surface area contributed by atoms with Crippen LogP contribution in [-0.2, 0) is 0 Å². The molecule has 0 bridgehead atoms. The van der Waals surface area contributed by atoms with Crippen molar-refractivity contribution in [2.45, 2.75) is 25.9 Å². The molecule has 80 valence electrons. The van der Waals surface area contributed by atoms with Crippen LogP contribution in [0.2, 0.25) is 0 Å². The molecule has 1 aliphatic heterocycles. The van der Waals surface area contributed by atoms with Crippen molar-refractivity contribution in [2.24, 2.45) is 0 Å². The van der Waals surface area contributed by atoms with E-state index in [1.807, 2.05) is 38.1 Å². The first-order chi connectivity index (χ1) is 7.13. The summed E-state index contributed by atoms with van der Waals surface area (Å²) in [6.45, 7) is 4.23. The second-order valence-electron chi connectivity index (χ2n) is 4.29. The Morgan fingerprint density at radius 2 is 2.00 bits per heavy atom. The van der Waals surface area contributed by atoms with Crippen molar-refractivity contribution in [3.05, 3.63) is 35.4 Å². The number of hydrogen-bond donors (Lipinski definition) is 1. The van der Waals surface area contributed by atoms with Crippen LogP contribution in [0.25, 0.3) is 6.08 Å². The van der Waals surface area contributed by atoms with Crippen LogP contribution in [0, 0.1) is 0 Å². The van der Waals surface area contributed by atoms with Crippen molar-refractivity contribution in [1.82, 2.24) is 0 Å². The molecule has 0 aliphatic carbocycles. The van der Waals surface area contributed by atoms with Crippen LogP contribution < -0.4 is 4.74 Å². The van der Waals surface area contributed by atoms with E-state index in [-0.39, 0.29) is 12.2 Å². The van der Waals surface area contributed by atoms with Gasteiger partial charge in [-0.3, -0.25) is 0 Å². The molecular weight excluding hydrogens is 188 g/mol. The molecule has 1 heterocycles. The Morgan fingerprint density at radius 3 is 2.73 bits per heavy atom. The second kappa shape index (κ2) is 3.70. The zero-order chi connectivity index (χ0) is 10.9. The molecule has 2 nitrogen and oxygen atoms in total. The predicted molar refractivity (Wildman–Crippen MR) is 60.8 cm³/mol. The summed E-state index contributed by atoms with van der Waals surface area (Å²) in [6, 6.07) is 7.97. The fourth-order valence-electron chi connectivity index (χ4n) is 1.89. The summed E-state index contributed by atoms with van der Waals surface area (Å²) in [5.41, 5.74) is 1.93. The van der Waals surface area contributed by atoms with E-state index in [1.54, 1.807) is 0 Å². The average molecular weight is 204 g/mol. The maximum absolute atomic E-state index is 9.00. The third-order valence-electron chi connectivity index (χ3n) is 2.77. The van der Waals surface area contributed by atoms with Crippen molar-refractivity contribution in [1.29, 1.82) is 0 Å². The van der Waals surface area contributed by atoms with Gasteiger partial charge in [-0.2, -0.15) is 0 Å². The summed E-state index contributed by atoms with van der Waals surface area (Å²) >= 11 is 0. The third-order valence-corrected chi connectivity index (χ3v) is 2.77. The fraction of sp³-hybridized carbons (Fsp3) is 0.385. The van der Waals surface area contributed by atoms with E-state index in [9.17, 15) is 0 Å². The van der Waals surface area contributed by atoms with Gasteiger partial charge in [0.25, 0.3) is 0 Å². The van der Waals surface area contributed by atoms with Gasteiger partial charge >= 0.3 is 0 Å². The van der Waals surface area contributed by atoms with Gasteiger partial charge in [-0.1, -0.05) is 18.2 Å². The molecule has 0 spiro atoms. The van der Waals surface area contributed by atoms with Gasteiger partial charge in [-0.15, -0.1) is 0 Å². The largest absolute Gasteiger partial charge is 0.483 e.